The van der Waals surface area contributed by atoms with Crippen LogP contribution in [0.2, 0.25) is 0 Å². The van der Waals surface area contributed by atoms with Crippen LogP contribution in [0.15, 0.2) is 12.2 Å². The van der Waals surface area contributed by atoms with Crippen LogP contribution in [0.3, 0.4) is 0 Å². The highest BCUT2D eigenvalue weighted by Crippen LogP contribution is 1.97. The summed E-state index contributed by atoms with van der Waals surface area (Å²) in [6, 6.07) is 0. The largest absolute Gasteiger partial charge is 0.127 e. The van der Waals surface area contributed by atoms with Crippen LogP contribution in [0.4, 0.5) is 0 Å². The van der Waals surface area contributed by atoms with E-state index < -0.39 is 0 Å². The zero-order valence-electron chi connectivity index (χ0n) is 5.45. The van der Waals surface area contributed by atoms with Gasteiger partial charge in [-0.05, 0) is 19.3 Å². The van der Waals surface area contributed by atoms with Gasteiger partial charge in [0.15, 0.2) is 0 Å². The first-order valence-electron chi connectivity index (χ1n) is 3.18. The van der Waals surface area contributed by atoms with Gasteiger partial charge in [-0.15, -0.1) is 23.2 Å². The smallest absolute Gasteiger partial charge is 0.0404 e. The van der Waals surface area contributed by atoms with Crippen molar-refractivity contribution >= 4 is 23.2 Å². The Morgan fingerprint density at radius 1 is 1.00 bits per heavy atom. The van der Waals surface area contributed by atoms with Crippen molar-refractivity contribution in [2.45, 2.75) is 19.3 Å². The molecule has 0 atom stereocenters. The molecule has 0 N–H and O–H groups in total. The van der Waals surface area contributed by atoms with Crippen LogP contribution in [0.25, 0.3) is 0 Å². The van der Waals surface area contributed by atoms with Gasteiger partial charge in [-0.2, -0.15) is 0 Å². The molecule has 0 saturated carbocycles. The summed E-state index contributed by atoms with van der Waals surface area (Å²) in [5.74, 6) is 1.40. The van der Waals surface area contributed by atoms with Gasteiger partial charge in [-0.25, -0.2) is 0 Å². The maximum Gasteiger partial charge on any atom is 0.0404 e. The summed E-state index contributed by atoms with van der Waals surface area (Å²) in [6.07, 6.45) is 7.46. The van der Waals surface area contributed by atoms with Crippen molar-refractivity contribution in [1.29, 1.82) is 0 Å². The van der Waals surface area contributed by atoms with Crippen molar-refractivity contribution in [2.24, 2.45) is 0 Å². The summed E-state index contributed by atoms with van der Waals surface area (Å²) in [6.45, 7) is 0. The second-order valence-electron chi connectivity index (χ2n) is 1.81. The molecule has 0 fully saturated rings. The van der Waals surface area contributed by atoms with E-state index in [1.807, 2.05) is 6.08 Å². The topological polar surface area (TPSA) is 0 Å². The van der Waals surface area contributed by atoms with E-state index in [4.69, 9.17) is 23.2 Å². The van der Waals surface area contributed by atoms with Crippen molar-refractivity contribution in [3.63, 3.8) is 0 Å². The van der Waals surface area contributed by atoms with E-state index in [0.29, 0.717) is 5.88 Å². The van der Waals surface area contributed by atoms with Crippen LogP contribution >= 0.6 is 23.2 Å². The molecule has 0 aromatic rings. The molecule has 0 nitrogen and oxygen atoms in total. The summed E-state index contributed by atoms with van der Waals surface area (Å²) >= 11 is 10.9. The SMILES string of the molecule is ClC/C=C\CCCCCl. The highest BCUT2D eigenvalue weighted by molar-refractivity contribution is 6.18. The summed E-state index contributed by atoms with van der Waals surface area (Å²) in [5.41, 5.74) is 0. The normalized spacial score (nSPS) is 10.9. The minimum atomic E-state index is 0.626. The Hall–Kier alpha value is 0.320. The molecule has 0 amide bonds. The van der Waals surface area contributed by atoms with Crippen molar-refractivity contribution in [3.8, 4) is 0 Å². The lowest BCUT2D eigenvalue weighted by molar-refractivity contribution is 0.819. The molecule has 0 aromatic carbocycles. The van der Waals surface area contributed by atoms with Gasteiger partial charge < -0.3 is 0 Å². The molecule has 2 heteroatoms. The Labute approximate surface area is 66.8 Å². The van der Waals surface area contributed by atoms with Gasteiger partial charge >= 0.3 is 0 Å². The third-order valence-corrected chi connectivity index (χ3v) is 1.46. The Morgan fingerprint density at radius 3 is 2.33 bits per heavy atom. The summed E-state index contributed by atoms with van der Waals surface area (Å²) in [5, 5.41) is 0. The average molecular weight is 167 g/mol. The first-order chi connectivity index (χ1) is 4.41. The average Bonchev–Trinajstić information content (AvgIpc) is 1.89. The van der Waals surface area contributed by atoms with Crippen LogP contribution in [0, 0.1) is 0 Å². The number of hydrogen-bond donors (Lipinski definition) is 0. The van der Waals surface area contributed by atoms with E-state index in [1.54, 1.807) is 0 Å². The minimum absolute atomic E-state index is 0.626. The quantitative estimate of drug-likeness (QED) is 0.335. The van der Waals surface area contributed by atoms with Gasteiger partial charge in [0.25, 0.3) is 0 Å². The fraction of sp³-hybridized carbons (Fsp3) is 0.714. The predicted molar refractivity (Wildman–Crippen MR) is 44.4 cm³/mol. The molecular weight excluding hydrogens is 155 g/mol. The molecular formula is C7H12Cl2. The molecule has 0 saturated heterocycles. The van der Waals surface area contributed by atoms with Crippen molar-refractivity contribution < 1.29 is 0 Å². The molecule has 0 bridgehead atoms. The molecule has 0 spiro atoms. The van der Waals surface area contributed by atoms with Gasteiger partial charge in [-0.3, -0.25) is 0 Å². The molecule has 54 valence electrons. The molecule has 0 heterocycles. The molecule has 0 radical (unpaired) electrons. The zero-order valence-corrected chi connectivity index (χ0v) is 6.96. The van der Waals surface area contributed by atoms with E-state index in [0.717, 1.165) is 18.7 Å². The van der Waals surface area contributed by atoms with E-state index >= 15 is 0 Å². The monoisotopic (exact) mass is 166 g/mol. The summed E-state index contributed by atoms with van der Waals surface area (Å²) in [4.78, 5) is 0. The first-order valence-corrected chi connectivity index (χ1v) is 4.25. The Morgan fingerprint density at radius 2 is 1.78 bits per heavy atom. The van der Waals surface area contributed by atoms with Crippen LogP contribution in [-0.2, 0) is 0 Å². The molecule has 9 heavy (non-hydrogen) atoms. The number of halogens is 2. The predicted octanol–water partition coefficient (Wildman–Crippen LogP) is 3.19. The van der Waals surface area contributed by atoms with E-state index in [2.05, 4.69) is 6.08 Å². The van der Waals surface area contributed by atoms with E-state index in [-0.39, 0.29) is 0 Å². The van der Waals surface area contributed by atoms with Crippen LogP contribution < -0.4 is 0 Å². The zero-order chi connectivity index (χ0) is 6.95. The maximum atomic E-state index is 5.46. The minimum Gasteiger partial charge on any atom is -0.127 e. The van der Waals surface area contributed by atoms with Gasteiger partial charge in [0.2, 0.25) is 0 Å². The van der Waals surface area contributed by atoms with E-state index in [1.165, 1.54) is 6.42 Å². The molecule has 0 aliphatic carbocycles. The van der Waals surface area contributed by atoms with Crippen LogP contribution in [-0.4, -0.2) is 11.8 Å². The number of rotatable bonds is 5. The Bertz CT molecular complexity index is 69.3. The van der Waals surface area contributed by atoms with Gasteiger partial charge in [0, 0.05) is 11.8 Å². The lowest BCUT2D eigenvalue weighted by Gasteiger charge is -1.88. The van der Waals surface area contributed by atoms with Gasteiger partial charge in [0.1, 0.15) is 0 Å². The second kappa shape index (κ2) is 8.32. The number of alkyl halides is 2. The molecule has 0 rings (SSSR count). The molecule has 0 unspecified atom stereocenters. The number of allylic oxidation sites excluding steroid dienone is 2. The molecule has 0 aliphatic rings. The third kappa shape index (κ3) is 8.32. The Kier molecular flexibility index (Phi) is 8.62. The standard InChI is InChI=1S/C7H12Cl2/c8-6-4-2-1-3-5-7-9/h2,4H,1,3,5-7H2/b4-2-. The van der Waals surface area contributed by atoms with E-state index in [9.17, 15) is 0 Å². The summed E-state index contributed by atoms with van der Waals surface area (Å²) < 4.78 is 0. The first kappa shape index (κ1) is 9.32. The third-order valence-electron chi connectivity index (χ3n) is 1.01. The van der Waals surface area contributed by atoms with Crippen molar-refractivity contribution in [3.05, 3.63) is 12.2 Å². The molecule has 0 aromatic heterocycles. The lowest BCUT2D eigenvalue weighted by Crippen LogP contribution is -1.73. The maximum absolute atomic E-state index is 5.46. The number of hydrogen-bond acceptors (Lipinski definition) is 0. The van der Waals surface area contributed by atoms with Gasteiger partial charge in [-0.1, -0.05) is 12.2 Å². The number of unbranched alkanes of at least 4 members (excludes halogenated alkanes) is 2. The van der Waals surface area contributed by atoms with Crippen molar-refractivity contribution in [2.75, 3.05) is 11.8 Å². The van der Waals surface area contributed by atoms with Crippen molar-refractivity contribution in [1.82, 2.24) is 0 Å². The lowest BCUT2D eigenvalue weighted by atomic mass is 10.2. The summed E-state index contributed by atoms with van der Waals surface area (Å²) in [7, 11) is 0. The van der Waals surface area contributed by atoms with Crippen LogP contribution in [0.1, 0.15) is 19.3 Å². The highest BCUT2D eigenvalue weighted by atomic mass is 35.5. The van der Waals surface area contributed by atoms with Crippen LogP contribution in [0.5, 0.6) is 0 Å². The van der Waals surface area contributed by atoms with Gasteiger partial charge in [0.05, 0.1) is 0 Å². The Balaban J connectivity index is 2.82. The fourth-order valence-electron chi connectivity index (χ4n) is 0.538. The molecule has 0 aliphatic heterocycles. The highest BCUT2D eigenvalue weighted by Gasteiger charge is 1.80. The fourth-order valence-corrected chi connectivity index (χ4v) is 0.852. The second-order valence-corrected chi connectivity index (χ2v) is 2.50.